The molecule has 0 saturated carbocycles. The number of nitrogens with zero attached hydrogens (tertiary/aromatic N) is 2. The van der Waals surface area contributed by atoms with E-state index in [2.05, 4.69) is 9.88 Å². The molecular weight excluding hydrogens is 302 g/mol. The van der Waals surface area contributed by atoms with Crippen LogP contribution in [0.5, 0.6) is 0 Å². The highest BCUT2D eigenvalue weighted by atomic mass is 16.2. The monoisotopic (exact) mass is 325 g/mol. The fourth-order valence-electron chi connectivity index (χ4n) is 3.02. The number of amides is 2. The normalized spacial score (nSPS) is 17.4. The van der Waals surface area contributed by atoms with Crippen molar-refractivity contribution in [1.82, 2.24) is 9.88 Å². The Balaban J connectivity index is 1.61. The van der Waals surface area contributed by atoms with Gasteiger partial charge < -0.3 is 14.8 Å². The Bertz CT molecular complexity index is 761. The third-order valence-corrected chi connectivity index (χ3v) is 4.76. The molecule has 1 N–H and O–H groups in total. The molecule has 5 nitrogen and oxygen atoms in total. The van der Waals surface area contributed by atoms with Gasteiger partial charge in [0.15, 0.2) is 0 Å². The van der Waals surface area contributed by atoms with Gasteiger partial charge in [0.1, 0.15) is 0 Å². The van der Waals surface area contributed by atoms with Crippen LogP contribution in [0.3, 0.4) is 0 Å². The first kappa shape index (κ1) is 16.3. The lowest BCUT2D eigenvalue weighted by atomic mass is 10.1. The predicted octanol–water partition coefficient (Wildman–Crippen LogP) is 2.31. The van der Waals surface area contributed by atoms with Crippen LogP contribution in [0.1, 0.15) is 23.4 Å². The van der Waals surface area contributed by atoms with Crippen molar-refractivity contribution in [2.75, 3.05) is 11.4 Å². The second kappa shape index (κ2) is 6.51. The topological polar surface area (TPSA) is 54.3 Å². The standard InChI is InChI=1S/C19H23N3O2/c1-13-4-7-16(8-5-13)22-12-15(10-18(22)23)19(24)20-11-17-9-6-14(2)21(17)3/h4-9,15H,10-12H2,1-3H3,(H,20,24)/t15-/m0/s1. The summed E-state index contributed by atoms with van der Waals surface area (Å²) in [5, 5.41) is 2.96. The van der Waals surface area contributed by atoms with E-state index in [1.807, 2.05) is 57.3 Å². The Morgan fingerprint density at radius 3 is 2.50 bits per heavy atom. The molecule has 1 aliphatic heterocycles. The Morgan fingerprint density at radius 1 is 1.17 bits per heavy atom. The van der Waals surface area contributed by atoms with E-state index in [0.29, 0.717) is 13.1 Å². The van der Waals surface area contributed by atoms with Crippen molar-refractivity contribution in [3.8, 4) is 0 Å². The number of carbonyl (C=O) groups is 2. The van der Waals surface area contributed by atoms with Gasteiger partial charge in [-0.25, -0.2) is 0 Å². The number of benzene rings is 1. The number of rotatable bonds is 4. The van der Waals surface area contributed by atoms with Crippen molar-refractivity contribution in [3.05, 3.63) is 53.3 Å². The average Bonchev–Trinajstić information content (AvgIpc) is 3.10. The van der Waals surface area contributed by atoms with Gasteiger partial charge in [0.05, 0.1) is 12.5 Å². The molecule has 1 saturated heterocycles. The maximum Gasteiger partial charge on any atom is 0.227 e. The van der Waals surface area contributed by atoms with E-state index >= 15 is 0 Å². The van der Waals surface area contributed by atoms with Gasteiger partial charge in [-0.15, -0.1) is 0 Å². The first-order valence-electron chi connectivity index (χ1n) is 8.21. The van der Waals surface area contributed by atoms with Crippen molar-refractivity contribution in [3.63, 3.8) is 0 Å². The Labute approximate surface area is 142 Å². The molecule has 0 aliphatic carbocycles. The minimum atomic E-state index is -0.292. The van der Waals surface area contributed by atoms with E-state index in [-0.39, 0.29) is 24.2 Å². The number of aryl methyl sites for hydroxylation is 2. The smallest absolute Gasteiger partial charge is 0.227 e. The van der Waals surface area contributed by atoms with Gasteiger partial charge in [0.25, 0.3) is 0 Å². The van der Waals surface area contributed by atoms with E-state index in [1.165, 1.54) is 0 Å². The summed E-state index contributed by atoms with van der Waals surface area (Å²) in [5.41, 5.74) is 4.22. The van der Waals surface area contributed by atoms with Crippen LogP contribution in [0.4, 0.5) is 5.69 Å². The van der Waals surface area contributed by atoms with Crippen molar-refractivity contribution in [2.24, 2.45) is 13.0 Å². The molecule has 0 unspecified atom stereocenters. The van der Waals surface area contributed by atoms with Crippen molar-refractivity contribution < 1.29 is 9.59 Å². The maximum atomic E-state index is 12.4. The Hall–Kier alpha value is -2.56. The summed E-state index contributed by atoms with van der Waals surface area (Å²) < 4.78 is 2.05. The van der Waals surface area contributed by atoms with Gasteiger partial charge in [0.2, 0.25) is 11.8 Å². The molecule has 1 atom stereocenters. The van der Waals surface area contributed by atoms with Gasteiger partial charge in [-0.05, 0) is 38.1 Å². The van der Waals surface area contributed by atoms with Crippen LogP contribution >= 0.6 is 0 Å². The SMILES string of the molecule is Cc1ccc(N2C[C@@H](C(=O)NCc3ccc(C)n3C)CC2=O)cc1. The number of carbonyl (C=O) groups excluding carboxylic acids is 2. The lowest BCUT2D eigenvalue weighted by molar-refractivity contribution is -0.126. The molecule has 0 spiro atoms. The van der Waals surface area contributed by atoms with Crippen LogP contribution in [0.2, 0.25) is 0 Å². The zero-order valence-electron chi connectivity index (χ0n) is 14.4. The fraction of sp³-hybridized carbons (Fsp3) is 0.368. The highest BCUT2D eigenvalue weighted by molar-refractivity contribution is 6.00. The van der Waals surface area contributed by atoms with E-state index < -0.39 is 0 Å². The van der Waals surface area contributed by atoms with Crippen molar-refractivity contribution in [2.45, 2.75) is 26.8 Å². The fourth-order valence-corrected chi connectivity index (χ4v) is 3.02. The molecule has 0 bridgehead atoms. The van der Waals surface area contributed by atoms with Gasteiger partial charge in [-0.1, -0.05) is 17.7 Å². The lowest BCUT2D eigenvalue weighted by Crippen LogP contribution is -2.33. The third-order valence-electron chi connectivity index (χ3n) is 4.76. The molecule has 0 radical (unpaired) electrons. The van der Waals surface area contributed by atoms with Crippen LogP contribution in [0, 0.1) is 19.8 Å². The third kappa shape index (κ3) is 3.20. The van der Waals surface area contributed by atoms with Crippen molar-refractivity contribution >= 4 is 17.5 Å². The molecule has 24 heavy (non-hydrogen) atoms. The second-order valence-corrected chi connectivity index (χ2v) is 6.48. The molecular formula is C19H23N3O2. The molecule has 2 amide bonds. The van der Waals surface area contributed by atoms with Crippen LogP contribution in [0.25, 0.3) is 0 Å². The Morgan fingerprint density at radius 2 is 1.88 bits per heavy atom. The van der Waals surface area contributed by atoms with Gasteiger partial charge in [-0.3, -0.25) is 9.59 Å². The first-order valence-corrected chi connectivity index (χ1v) is 8.21. The Kier molecular flexibility index (Phi) is 4.42. The molecule has 3 rings (SSSR count). The summed E-state index contributed by atoms with van der Waals surface area (Å²) in [7, 11) is 1.98. The summed E-state index contributed by atoms with van der Waals surface area (Å²) >= 11 is 0. The predicted molar refractivity (Wildman–Crippen MR) is 93.6 cm³/mol. The van der Waals surface area contributed by atoms with Crippen LogP contribution in [-0.2, 0) is 23.2 Å². The zero-order valence-corrected chi connectivity index (χ0v) is 14.4. The maximum absolute atomic E-state index is 12.4. The van der Waals surface area contributed by atoms with E-state index in [1.54, 1.807) is 4.90 Å². The summed E-state index contributed by atoms with van der Waals surface area (Å²) in [6.45, 7) is 4.97. The van der Waals surface area contributed by atoms with Gasteiger partial charge in [-0.2, -0.15) is 0 Å². The average molecular weight is 325 g/mol. The van der Waals surface area contributed by atoms with Crippen molar-refractivity contribution in [1.29, 1.82) is 0 Å². The quantitative estimate of drug-likeness (QED) is 0.938. The van der Waals surface area contributed by atoms with Gasteiger partial charge in [0, 0.05) is 37.1 Å². The summed E-state index contributed by atoms with van der Waals surface area (Å²) in [5.74, 6) is -0.342. The molecule has 1 fully saturated rings. The number of anilines is 1. The molecule has 2 heterocycles. The number of hydrogen-bond donors (Lipinski definition) is 1. The zero-order chi connectivity index (χ0) is 17.3. The summed E-state index contributed by atoms with van der Waals surface area (Å²) in [6.07, 6.45) is 0.270. The largest absolute Gasteiger partial charge is 0.350 e. The second-order valence-electron chi connectivity index (χ2n) is 6.48. The first-order chi connectivity index (χ1) is 11.5. The van der Waals surface area contributed by atoms with E-state index in [9.17, 15) is 9.59 Å². The van der Waals surface area contributed by atoms with Crippen LogP contribution in [0.15, 0.2) is 36.4 Å². The summed E-state index contributed by atoms with van der Waals surface area (Å²) in [6, 6.07) is 11.9. The molecule has 5 heteroatoms. The molecule has 1 aromatic carbocycles. The van der Waals surface area contributed by atoms with E-state index in [0.717, 1.165) is 22.6 Å². The van der Waals surface area contributed by atoms with Crippen LogP contribution in [-0.4, -0.2) is 22.9 Å². The number of nitrogens with one attached hydrogen (secondary N) is 1. The highest BCUT2D eigenvalue weighted by Gasteiger charge is 2.34. The molecule has 126 valence electrons. The number of aromatic nitrogens is 1. The highest BCUT2D eigenvalue weighted by Crippen LogP contribution is 2.25. The van der Waals surface area contributed by atoms with Crippen LogP contribution < -0.4 is 10.2 Å². The molecule has 1 aliphatic rings. The van der Waals surface area contributed by atoms with E-state index in [4.69, 9.17) is 0 Å². The summed E-state index contributed by atoms with van der Waals surface area (Å²) in [4.78, 5) is 26.4. The number of hydrogen-bond acceptors (Lipinski definition) is 2. The molecule has 1 aromatic heterocycles. The molecule has 2 aromatic rings. The minimum Gasteiger partial charge on any atom is -0.350 e. The minimum absolute atomic E-state index is 0.00807. The lowest BCUT2D eigenvalue weighted by Gasteiger charge is -2.17. The van der Waals surface area contributed by atoms with Gasteiger partial charge >= 0.3 is 0 Å².